The maximum Gasteiger partial charge on any atom is 0.319 e. The summed E-state index contributed by atoms with van der Waals surface area (Å²) in [4.78, 5) is 24.9. The van der Waals surface area contributed by atoms with Gasteiger partial charge in [-0.15, -0.1) is 0 Å². The smallest absolute Gasteiger partial charge is 0.319 e. The first-order valence-corrected chi connectivity index (χ1v) is 7.78. The number of ether oxygens (including phenoxy) is 1. The van der Waals surface area contributed by atoms with Crippen LogP contribution in [0.5, 0.6) is 0 Å². The summed E-state index contributed by atoms with van der Waals surface area (Å²) >= 11 is 6.20. The fraction of sp³-hybridized carbons (Fsp3) is 0.222. The zero-order valence-corrected chi connectivity index (χ0v) is 14.1. The SMILES string of the molecule is COC(=O)CN(Cc1cccc(C(N)=O)c1)Cc1ccccc1Cl. The van der Waals surface area contributed by atoms with Gasteiger partial charge in [0.1, 0.15) is 0 Å². The number of nitrogens with zero attached hydrogens (tertiary/aromatic N) is 1. The summed E-state index contributed by atoms with van der Waals surface area (Å²) < 4.78 is 4.76. The van der Waals surface area contributed by atoms with Crippen molar-refractivity contribution in [1.82, 2.24) is 4.90 Å². The second kappa shape index (κ2) is 8.47. The zero-order valence-electron chi connectivity index (χ0n) is 13.4. The summed E-state index contributed by atoms with van der Waals surface area (Å²) in [5.74, 6) is -0.824. The molecule has 0 aliphatic rings. The number of hydrogen-bond acceptors (Lipinski definition) is 4. The number of benzene rings is 2. The maximum atomic E-state index is 11.7. The van der Waals surface area contributed by atoms with Gasteiger partial charge in [0.25, 0.3) is 0 Å². The minimum absolute atomic E-state index is 0.114. The first-order chi connectivity index (χ1) is 11.5. The van der Waals surface area contributed by atoms with Crippen molar-refractivity contribution in [3.63, 3.8) is 0 Å². The summed E-state index contributed by atoms with van der Waals surface area (Å²) in [6.07, 6.45) is 0. The molecule has 0 heterocycles. The Bertz CT molecular complexity index is 734. The van der Waals surface area contributed by atoms with Gasteiger partial charge in [0.15, 0.2) is 0 Å². The highest BCUT2D eigenvalue weighted by atomic mass is 35.5. The van der Waals surface area contributed by atoms with Gasteiger partial charge in [0.05, 0.1) is 13.7 Å². The Labute approximate surface area is 146 Å². The molecule has 2 N–H and O–H groups in total. The lowest BCUT2D eigenvalue weighted by Crippen LogP contribution is -2.30. The Hall–Kier alpha value is -2.37. The monoisotopic (exact) mass is 346 g/mol. The number of carbonyl (C=O) groups excluding carboxylic acids is 2. The van der Waals surface area contributed by atoms with Gasteiger partial charge in [0, 0.05) is 23.7 Å². The predicted octanol–water partition coefficient (Wildman–Crippen LogP) is 2.61. The number of amides is 1. The molecule has 0 radical (unpaired) electrons. The van der Waals surface area contributed by atoms with Crippen molar-refractivity contribution in [1.29, 1.82) is 0 Å². The van der Waals surface area contributed by atoms with Gasteiger partial charge in [-0.1, -0.05) is 41.9 Å². The van der Waals surface area contributed by atoms with Gasteiger partial charge in [0.2, 0.25) is 5.91 Å². The molecule has 24 heavy (non-hydrogen) atoms. The lowest BCUT2D eigenvalue weighted by atomic mass is 10.1. The fourth-order valence-corrected chi connectivity index (χ4v) is 2.56. The third-order valence-corrected chi connectivity index (χ3v) is 3.92. The number of halogens is 1. The highest BCUT2D eigenvalue weighted by molar-refractivity contribution is 6.31. The van der Waals surface area contributed by atoms with Gasteiger partial charge in [-0.2, -0.15) is 0 Å². The third-order valence-electron chi connectivity index (χ3n) is 3.55. The first-order valence-electron chi connectivity index (χ1n) is 7.41. The largest absolute Gasteiger partial charge is 0.468 e. The molecule has 0 aromatic heterocycles. The zero-order chi connectivity index (χ0) is 17.5. The summed E-state index contributed by atoms with van der Waals surface area (Å²) in [5.41, 5.74) is 7.54. The van der Waals surface area contributed by atoms with Crippen LogP contribution in [0.15, 0.2) is 48.5 Å². The molecule has 0 atom stereocenters. The van der Waals surface area contributed by atoms with E-state index in [4.69, 9.17) is 22.1 Å². The highest BCUT2D eigenvalue weighted by Crippen LogP contribution is 2.18. The van der Waals surface area contributed by atoms with E-state index >= 15 is 0 Å². The second-order valence-electron chi connectivity index (χ2n) is 5.38. The second-order valence-corrected chi connectivity index (χ2v) is 5.78. The van der Waals surface area contributed by atoms with Gasteiger partial charge in [-0.3, -0.25) is 14.5 Å². The van der Waals surface area contributed by atoms with Crippen LogP contribution in [-0.2, 0) is 22.6 Å². The molecule has 0 saturated carbocycles. The van der Waals surface area contributed by atoms with Crippen LogP contribution in [0.4, 0.5) is 0 Å². The Morgan fingerprint density at radius 2 is 1.88 bits per heavy atom. The van der Waals surface area contributed by atoms with E-state index in [1.807, 2.05) is 29.2 Å². The predicted molar refractivity (Wildman–Crippen MR) is 92.5 cm³/mol. The number of primary amides is 1. The molecular weight excluding hydrogens is 328 g/mol. The van der Waals surface area contributed by atoms with Crippen molar-refractivity contribution in [2.24, 2.45) is 5.73 Å². The summed E-state index contributed by atoms with van der Waals surface area (Å²) in [7, 11) is 1.35. The van der Waals surface area contributed by atoms with Crippen molar-refractivity contribution >= 4 is 23.5 Å². The van der Waals surface area contributed by atoms with Crippen molar-refractivity contribution in [2.75, 3.05) is 13.7 Å². The molecule has 1 amide bonds. The highest BCUT2D eigenvalue weighted by Gasteiger charge is 2.14. The van der Waals surface area contributed by atoms with Gasteiger partial charge >= 0.3 is 5.97 Å². The van der Waals surface area contributed by atoms with Crippen molar-refractivity contribution in [3.8, 4) is 0 Å². The minimum Gasteiger partial charge on any atom is -0.468 e. The molecule has 2 rings (SSSR count). The number of nitrogens with two attached hydrogens (primary N) is 1. The molecule has 0 aliphatic carbocycles. The Morgan fingerprint density at radius 1 is 1.12 bits per heavy atom. The number of rotatable bonds is 7. The molecule has 0 bridgehead atoms. The number of methoxy groups -OCH3 is 1. The van der Waals surface area contributed by atoms with E-state index in [-0.39, 0.29) is 12.5 Å². The van der Waals surface area contributed by atoms with Crippen LogP contribution in [0.3, 0.4) is 0 Å². The first kappa shape index (κ1) is 18.0. The van der Waals surface area contributed by atoms with E-state index in [1.54, 1.807) is 24.3 Å². The normalized spacial score (nSPS) is 10.6. The van der Waals surface area contributed by atoms with Crippen LogP contribution in [0.1, 0.15) is 21.5 Å². The number of carbonyl (C=O) groups is 2. The Balaban J connectivity index is 2.20. The quantitative estimate of drug-likeness (QED) is 0.782. The van der Waals surface area contributed by atoms with Crippen LogP contribution >= 0.6 is 11.6 Å². The van der Waals surface area contributed by atoms with E-state index in [9.17, 15) is 9.59 Å². The summed E-state index contributed by atoms with van der Waals surface area (Å²) in [6.45, 7) is 1.06. The Kier molecular flexibility index (Phi) is 6.35. The number of hydrogen-bond donors (Lipinski definition) is 1. The molecule has 0 fully saturated rings. The number of esters is 1. The van der Waals surface area contributed by atoms with Crippen LogP contribution in [0.25, 0.3) is 0 Å². The molecule has 0 saturated heterocycles. The van der Waals surface area contributed by atoms with E-state index in [0.717, 1.165) is 11.1 Å². The van der Waals surface area contributed by atoms with Gasteiger partial charge in [-0.25, -0.2) is 0 Å². The van der Waals surface area contributed by atoms with E-state index < -0.39 is 5.91 Å². The van der Waals surface area contributed by atoms with Crippen molar-refractivity contribution in [3.05, 3.63) is 70.2 Å². The lowest BCUT2D eigenvalue weighted by molar-refractivity contribution is -0.142. The van der Waals surface area contributed by atoms with Crippen molar-refractivity contribution < 1.29 is 14.3 Å². The molecule has 5 nitrogen and oxygen atoms in total. The maximum absolute atomic E-state index is 11.7. The molecular formula is C18H19ClN2O3. The minimum atomic E-state index is -0.484. The third kappa shape index (κ3) is 5.08. The standard InChI is InChI=1S/C18H19ClN2O3/c1-24-17(22)12-21(11-15-6-2-3-8-16(15)19)10-13-5-4-7-14(9-13)18(20)23/h2-9H,10-12H2,1H3,(H2,20,23). The average Bonchev–Trinajstić information content (AvgIpc) is 2.57. The topological polar surface area (TPSA) is 72.6 Å². The van der Waals surface area contributed by atoms with E-state index in [0.29, 0.717) is 23.7 Å². The van der Waals surface area contributed by atoms with E-state index in [2.05, 4.69) is 0 Å². The average molecular weight is 347 g/mol. The fourth-order valence-electron chi connectivity index (χ4n) is 2.36. The van der Waals surface area contributed by atoms with Gasteiger partial charge in [-0.05, 0) is 29.3 Å². The van der Waals surface area contributed by atoms with E-state index in [1.165, 1.54) is 7.11 Å². The molecule has 126 valence electrons. The van der Waals surface area contributed by atoms with Crippen LogP contribution in [0.2, 0.25) is 5.02 Å². The molecule has 0 aliphatic heterocycles. The summed E-state index contributed by atoms with van der Waals surface area (Å²) in [6, 6.07) is 14.5. The van der Waals surface area contributed by atoms with Crippen molar-refractivity contribution in [2.45, 2.75) is 13.1 Å². The molecule has 6 heteroatoms. The molecule has 0 spiro atoms. The Morgan fingerprint density at radius 3 is 2.54 bits per heavy atom. The molecule has 2 aromatic carbocycles. The molecule has 0 unspecified atom stereocenters. The van der Waals surface area contributed by atoms with Crippen LogP contribution < -0.4 is 5.73 Å². The molecule has 2 aromatic rings. The lowest BCUT2D eigenvalue weighted by Gasteiger charge is -2.22. The van der Waals surface area contributed by atoms with Crippen LogP contribution in [0, 0.1) is 0 Å². The summed E-state index contributed by atoms with van der Waals surface area (Å²) in [5, 5.41) is 0.637. The van der Waals surface area contributed by atoms with Gasteiger partial charge < -0.3 is 10.5 Å². The van der Waals surface area contributed by atoms with Crippen LogP contribution in [-0.4, -0.2) is 30.4 Å².